The molecule has 4 rings (SSSR count). The van der Waals surface area contributed by atoms with E-state index in [1.54, 1.807) is 6.07 Å². The van der Waals surface area contributed by atoms with Gasteiger partial charge in [-0.25, -0.2) is 4.39 Å². The number of fused-ring (bicyclic) bond motifs is 2. The van der Waals surface area contributed by atoms with Gasteiger partial charge in [-0.1, -0.05) is 18.2 Å². The minimum atomic E-state index is -0.369. The van der Waals surface area contributed by atoms with E-state index >= 15 is 0 Å². The van der Waals surface area contributed by atoms with Crippen LogP contribution >= 0.6 is 0 Å². The van der Waals surface area contributed by atoms with Gasteiger partial charge in [0, 0.05) is 70.8 Å². The Balaban J connectivity index is 1.42. The number of amides is 2. The zero-order valence-electron chi connectivity index (χ0n) is 16.8. The number of nitrogens with zero attached hydrogens (tertiary/aromatic N) is 3. The maximum atomic E-state index is 14.0. The van der Waals surface area contributed by atoms with Gasteiger partial charge in [-0.15, -0.1) is 0 Å². The Morgan fingerprint density at radius 3 is 2.72 bits per heavy atom. The predicted octanol–water partition coefficient (Wildman–Crippen LogP) is 0.184. The van der Waals surface area contributed by atoms with Crippen LogP contribution in [0.3, 0.4) is 0 Å². The number of piperazine rings is 1. The van der Waals surface area contributed by atoms with Gasteiger partial charge >= 0.3 is 0 Å². The molecule has 0 aromatic heterocycles. The summed E-state index contributed by atoms with van der Waals surface area (Å²) in [6.45, 7) is 5.69. The molecule has 1 spiro atoms. The summed E-state index contributed by atoms with van der Waals surface area (Å²) in [5.74, 6) is -0.297. The van der Waals surface area contributed by atoms with E-state index in [1.165, 1.54) is 13.0 Å². The highest BCUT2D eigenvalue weighted by Gasteiger charge is 2.56. The van der Waals surface area contributed by atoms with Gasteiger partial charge < -0.3 is 15.3 Å². The fourth-order valence-corrected chi connectivity index (χ4v) is 5.15. The van der Waals surface area contributed by atoms with Crippen LogP contribution in [0.15, 0.2) is 24.3 Å². The lowest BCUT2D eigenvalue weighted by molar-refractivity contribution is -0.151. The number of carbonyl (C=O) groups is 2. The lowest BCUT2D eigenvalue weighted by atomic mass is 9.83. The largest absolute Gasteiger partial charge is 0.392 e. The number of aliphatic hydroxyl groups is 1. The van der Waals surface area contributed by atoms with Crippen LogP contribution < -0.4 is 5.32 Å². The summed E-state index contributed by atoms with van der Waals surface area (Å²) in [5.41, 5.74) is 0.495. The number of aliphatic hydroxyl groups excluding tert-OH is 1. The second-order valence-corrected chi connectivity index (χ2v) is 8.66. The summed E-state index contributed by atoms with van der Waals surface area (Å²) in [7, 11) is 0. The van der Waals surface area contributed by atoms with Gasteiger partial charge in [0.05, 0.1) is 11.6 Å². The predicted molar refractivity (Wildman–Crippen MR) is 105 cm³/mol. The average molecular weight is 404 g/mol. The van der Waals surface area contributed by atoms with E-state index < -0.39 is 0 Å². The minimum absolute atomic E-state index is 0.0340. The van der Waals surface area contributed by atoms with Crippen molar-refractivity contribution in [3.05, 3.63) is 35.6 Å². The number of β-amino-alcohol motifs (C(OH)–C–C–N with tert-alkyl or cyclic N) is 1. The summed E-state index contributed by atoms with van der Waals surface area (Å²) in [6, 6.07) is 6.98. The SMILES string of the molecule is CC(=O)NCCC(=O)N1CC2CC(O)CN2C2(CN(Cc3ccccc3F)C2)C1. The molecule has 3 aliphatic heterocycles. The first-order chi connectivity index (χ1) is 13.9. The molecular formula is C21H29FN4O3. The second-order valence-electron chi connectivity index (χ2n) is 8.66. The monoisotopic (exact) mass is 404 g/mol. The first-order valence-corrected chi connectivity index (χ1v) is 10.3. The van der Waals surface area contributed by atoms with Crippen molar-refractivity contribution < 1.29 is 19.1 Å². The number of halogens is 1. The lowest BCUT2D eigenvalue weighted by Crippen LogP contribution is -2.78. The summed E-state index contributed by atoms with van der Waals surface area (Å²) in [5, 5.41) is 12.9. The smallest absolute Gasteiger partial charge is 0.224 e. The highest BCUT2D eigenvalue weighted by molar-refractivity contribution is 5.78. The molecule has 158 valence electrons. The van der Waals surface area contributed by atoms with Crippen LogP contribution in [-0.4, -0.2) is 88.6 Å². The molecule has 2 N–H and O–H groups in total. The van der Waals surface area contributed by atoms with E-state index in [0.29, 0.717) is 44.7 Å². The molecule has 1 aromatic rings. The first-order valence-electron chi connectivity index (χ1n) is 10.3. The number of carbonyl (C=O) groups excluding carboxylic acids is 2. The molecule has 2 atom stereocenters. The van der Waals surface area contributed by atoms with Crippen molar-refractivity contribution in [3.63, 3.8) is 0 Å². The van der Waals surface area contributed by atoms with Crippen LogP contribution in [0.4, 0.5) is 4.39 Å². The average Bonchev–Trinajstić information content (AvgIpc) is 3.02. The molecule has 3 aliphatic rings. The number of hydrogen-bond acceptors (Lipinski definition) is 5. The van der Waals surface area contributed by atoms with Gasteiger partial charge in [-0.3, -0.25) is 19.4 Å². The molecule has 2 unspecified atom stereocenters. The van der Waals surface area contributed by atoms with Crippen molar-refractivity contribution in [1.82, 2.24) is 20.0 Å². The van der Waals surface area contributed by atoms with E-state index in [-0.39, 0.29) is 41.7 Å². The fourth-order valence-electron chi connectivity index (χ4n) is 5.15. The third-order valence-electron chi connectivity index (χ3n) is 6.37. The quantitative estimate of drug-likeness (QED) is 0.733. The van der Waals surface area contributed by atoms with E-state index in [4.69, 9.17) is 0 Å². The third-order valence-corrected chi connectivity index (χ3v) is 6.37. The van der Waals surface area contributed by atoms with Gasteiger partial charge in [0.2, 0.25) is 11.8 Å². The van der Waals surface area contributed by atoms with Crippen molar-refractivity contribution in [3.8, 4) is 0 Å². The Bertz CT molecular complexity index is 783. The molecule has 0 saturated carbocycles. The van der Waals surface area contributed by atoms with Crippen molar-refractivity contribution in [2.75, 3.05) is 39.3 Å². The standard InChI is InChI=1S/C21H29FN4O3/c1-15(27)23-7-6-20(29)25-10-17-8-18(28)11-26(17)21(14-25)12-24(13-21)9-16-4-2-3-5-19(16)22/h2-5,17-18,28H,6-14H2,1H3,(H,23,27). The van der Waals surface area contributed by atoms with E-state index in [1.807, 2.05) is 17.0 Å². The molecule has 1 aromatic carbocycles. The second kappa shape index (κ2) is 8.01. The van der Waals surface area contributed by atoms with Crippen LogP contribution in [0.25, 0.3) is 0 Å². The Morgan fingerprint density at radius 1 is 1.24 bits per heavy atom. The first kappa shape index (κ1) is 20.3. The van der Waals surface area contributed by atoms with Crippen LogP contribution in [0.5, 0.6) is 0 Å². The third kappa shape index (κ3) is 4.15. The Hall–Kier alpha value is -2.03. The maximum Gasteiger partial charge on any atom is 0.224 e. The number of likely N-dealkylation sites (tertiary alicyclic amines) is 1. The molecule has 0 bridgehead atoms. The van der Waals surface area contributed by atoms with Crippen LogP contribution in [0.1, 0.15) is 25.3 Å². The molecule has 2 amide bonds. The number of benzene rings is 1. The zero-order valence-corrected chi connectivity index (χ0v) is 16.8. The Kier molecular flexibility index (Phi) is 5.59. The Labute approximate surface area is 170 Å². The number of rotatable bonds is 5. The fraction of sp³-hybridized carbons (Fsp3) is 0.619. The van der Waals surface area contributed by atoms with Crippen molar-refractivity contribution in [2.24, 2.45) is 0 Å². The van der Waals surface area contributed by atoms with Gasteiger partial charge in [0.25, 0.3) is 0 Å². The summed E-state index contributed by atoms with van der Waals surface area (Å²) < 4.78 is 14.0. The highest BCUT2D eigenvalue weighted by atomic mass is 19.1. The van der Waals surface area contributed by atoms with Crippen molar-refractivity contribution in [2.45, 2.75) is 44.0 Å². The topological polar surface area (TPSA) is 76.1 Å². The molecule has 8 heteroatoms. The number of nitrogens with one attached hydrogen (secondary N) is 1. The summed E-state index contributed by atoms with van der Waals surface area (Å²) >= 11 is 0. The van der Waals surface area contributed by atoms with E-state index in [2.05, 4.69) is 15.1 Å². The lowest BCUT2D eigenvalue weighted by Gasteiger charge is -2.61. The van der Waals surface area contributed by atoms with Gasteiger partial charge in [-0.05, 0) is 12.5 Å². The molecule has 3 fully saturated rings. The van der Waals surface area contributed by atoms with E-state index in [9.17, 15) is 19.1 Å². The molecule has 3 saturated heterocycles. The highest BCUT2D eigenvalue weighted by Crippen LogP contribution is 2.39. The zero-order chi connectivity index (χ0) is 20.6. The molecule has 0 radical (unpaired) electrons. The van der Waals surface area contributed by atoms with Gasteiger partial charge in [0.15, 0.2) is 0 Å². The van der Waals surface area contributed by atoms with Crippen molar-refractivity contribution >= 4 is 11.8 Å². The molecular weight excluding hydrogens is 375 g/mol. The summed E-state index contributed by atoms with van der Waals surface area (Å²) in [4.78, 5) is 30.2. The molecule has 0 aliphatic carbocycles. The summed E-state index contributed by atoms with van der Waals surface area (Å²) in [6.07, 6.45) is 0.584. The van der Waals surface area contributed by atoms with Gasteiger partial charge in [0.1, 0.15) is 5.82 Å². The molecule has 29 heavy (non-hydrogen) atoms. The van der Waals surface area contributed by atoms with Crippen molar-refractivity contribution in [1.29, 1.82) is 0 Å². The van der Waals surface area contributed by atoms with Crippen LogP contribution in [0.2, 0.25) is 0 Å². The normalized spacial score (nSPS) is 26.2. The number of hydrogen-bond donors (Lipinski definition) is 2. The van der Waals surface area contributed by atoms with E-state index in [0.717, 1.165) is 13.1 Å². The van der Waals surface area contributed by atoms with Crippen LogP contribution in [0, 0.1) is 5.82 Å². The Morgan fingerprint density at radius 2 is 2.00 bits per heavy atom. The van der Waals surface area contributed by atoms with Crippen LogP contribution in [-0.2, 0) is 16.1 Å². The minimum Gasteiger partial charge on any atom is -0.392 e. The molecule has 3 heterocycles. The maximum absolute atomic E-state index is 14.0. The molecule has 7 nitrogen and oxygen atoms in total. The van der Waals surface area contributed by atoms with Gasteiger partial charge in [-0.2, -0.15) is 0 Å².